The molecule has 0 aliphatic heterocycles. The Labute approximate surface area is 182 Å². The maximum Gasteiger partial charge on any atom is 0.286 e. The molecule has 30 heavy (non-hydrogen) atoms. The molecule has 9 nitrogen and oxygen atoms in total. The van der Waals surface area contributed by atoms with Crippen molar-refractivity contribution in [2.45, 2.75) is 13.3 Å². The topological polar surface area (TPSA) is 109 Å². The highest BCUT2D eigenvalue weighted by atomic mass is 79.9. The predicted octanol–water partition coefficient (Wildman–Crippen LogP) is 3.75. The Balaban J connectivity index is 2.20. The molecule has 0 aliphatic carbocycles. The van der Waals surface area contributed by atoms with Crippen molar-refractivity contribution < 1.29 is 28.7 Å². The van der Waals surface area contributed by atoms with Gasteiger partial charge < -0.3 is 24.3 Å². The van der Waals surface area contributed by atoms with E-state index in [0.29, 0.717) is 24.5 Å². The van der Waals surface area contributed by atoms with Gasteiger partial charge >= 0.3 is 0 Å². The molecule has 162 valence electrons. The Bertz CT molecular complexity index is 934. The van der Waals surface area contributed by atoms with Gasteiger partial charge in [0.25, 0.3) is 11.6 Å². The fourth-order valence-corrected chi connectivity index (χ4v) is 3.32. The smallest absolute Gasteiger partial charge is 0.286 e. The largest absolute Gasteiger partial charge is 0.493 e. The second kappa shape index (κ2) is 10.7. The van der Waals surface area contributed by atoms with Crippen molar-refractivity contribution in [3.8, 4) is 23.0 Å². The number of methoxy groups -OCH3 is 3. The third-order valence-corrected chi connectivity index (χ3v) is 4.99. The highest BCUT2D eigenvalue weighted by Crippen LogP contribution is 2.35. The van der Waals surface area contributed by atoms with Crippen LogP contribution in [-0.4, -0.2) is 45.3 Å². The second-order valence-corrected chi connectivity index (χ2v) is 6.87. The molecule has 2 rings (SSSR count). The van der Waals surface area contributed by atoms with Crippen molar-refractivity contribution in [1.82, 2.24) is 5.32 Å². The monoisotopic (exact) mass is 482 g/mol. The Morgan fingerprint density at radius 2 is 1.63 bits per heavy atom. The molecule has 0 radical (unpaired) electrons. The molecule has 0 aromatic heterocycles. The summed E-state index contributed by atoms with van der Waals surface area (Å²) in [5.41, 5.74) is 0.419. The average molecular weight is 483 g/mol. The van der Waals surface area contributed by atoms with Gasteiger partial charge in [0, 0.05) is 17.1 Å². The van der Waals surface area contributed by atoms with Gasteiger partial charge in [0.05, 0.1) is 38.9 Å². The predicted molar refractivity (Wildman–Crippen MR) is 114 cm³/mol. The van der Waals surface area contributed by atoms with Crippen LogP contribution in [0.5, 0.6) is 23.0 Å². The average Bonchev–Trinajstić information content (AvgIpc) is 2.74. The molecule has 0 fully saturated rings. The summed E-state index contributed by atoms with van der Waals surface area (Å²) >= 11 is 3.47. The molecule has 0 heterocycles. The summed E-state index contributed by atoms with van der Waals surface area (Å²) in [4.78, 5) is 23.5. The molecule has 2 aromatic rings. The van der Waals surface area contributed by atoms with Crippen LogP contribution in [0.15, 0.2) is 28.7 Å². The first-order chi connectivity index (χ1) is 14.4. The van der Waals surface area contributed by atoms with Crippen LogP contribution in [0, 0.1) is 10.1 Å². The summed E-state index contributed by atoms with van der Waals surface area (Å²) < 4.78 is 21.9. The number of hydrogen-bond donors (Lipinski definition) is 1. The number of nitrogens with zero attached hydrogens (tertiary/aromatic N) is 1. The van der Waals surface area contributed by atoms with Crippen LogP contribution in [0.4, 0.5) is 5.69 Å². The zero-order valence-electron chi connectivity index (χ0n) is 17.1. The first kappa shape index (κ1) is 23.3. The molecule has 1 N–H and O–H groups in total. The summed E-state index contributed by atoms with van der Waals surface area (Å²) in [6.45, 7) is 2.34. The molecule has 10 heteroatoms. The molecule has 0 unspecified atom stereocenters. The van der Waals surface area contributed by atoms with Crippen molar-refractivity contribution in [2.75, 3.05) is 34.5 Å². The number of ether oxygens (including phenoxy) is 4. The molecule has 0 saturated carbocycles. The maximum absolute atomic E-state index is 12.7. The van der Waals surface area contributed by atoms with E-state index >= 15 is 0 Å². The Kier molecular flexibility index (Phi) is 8.28. The van der Waals surface area contributed by atoms with Crippen molar-refractivity contribution in [2.24, 2.45) is 0 Å². The Morgan fingerprint density at radius 3 is 2.20 bits per heavy atom. The van der Waals surface area contributed by atoms with Gasteiger partial charge in [-0.05, 0) is 31.0 Å². The molecule has 0 bridgehead atoms. The van der Waals surface area contributed by atoms with Crippen LogP contribution in [-0.2, 0) is 6.42 Å². The lowest BCUT2D eigenvalue weighted by Gasteiger charge is -2.13. The molecular formula is C20H23BrN2O7. The number of rotatable bonds is 10. The number of benzene rings is 2. The van der Waals surface area contributed by atoms with Crippen LogP contribution >= 0.6 is 15.9 Å². The zero-order valence-corrected chi connectivity index (χ0v) is 18.7. The number of carbonyl (C=O) groups excluding carboxylic acids is 1. The molecule has 0 aliphatic rings. The fraction of sp³-hybridized carbons (Fsp3) is 0.350. The van der Waals surface area contributed by atoms with E-state index in [1.54, 1.807) is 26.2 Å². The van der Waals surface area contributed by atoms with Gasteiger partial charge in [-0.3, -0.25) is 14.9 Å². The van der Waals surface area contributed by atoms with Crippen molar-refractivity contribution in [3.05, 3.63) is 50.0 Å². The van der Waals surface area contributed by atoms with E-state index in [4.69, 9.17) is 18.9 Å². The first-order valence-electron chi connectivity index (χ1n) is 9.04. The van der Waals surface area contributed by atoms with Gasteiger partial charge in [-0.25, -0.2) is 0 Å². The number of nitro groups is 1. The van der Waals surface area contributed by atoms with Gasteiger partial charge in [-0.2, -0.15) is 0 Å². The SMILES string of the molecule is CCOc1cc(C(=O)NCCc2cc(OC)c(OC)cc2Br)c([N+](=O)[O-])cc1OC. The van der Waals surface area contributed by atoms with E-state index in [1.165, 1.54) is 26.4 Å². The second-order valence-electron chi connectivity index (χ2n) is 6.01. The molecular weight excluding hydrogens is 460 g/mol. The number of nitro benzene ring substituents is 1. The van der Waals surface area contributed by atoms with Crippen molar-refractivity contribution in [3.63, 3.8) is 0 Å². The number of carbonyl (C=O) groups is 1. The number of amides is 1. The van der Waals surface area contributed by atoms with Crippen LogP contribution in [0.3, 0.4) is 0 Å². The minimum absolute atomic E-state index is 0.101. The highest BCUT2D eigenvalue weighted by molar-refractivity contribution is 9.10. The van der Waals surface area contributed by atoms with E-state index in [-0.39, 0.29) is 29.3 Å². The van der Waals surface area contributed by atoms with Crippen LogP contribution in [0.2, 0.25) is 0 Å². The summed E-state index contributed by atoms with van der Waals surface area (Å²) in [5, 5.41) is 14.1. The lowest BCUT2D eigenvalue weighted by atomic mass is 10.1. The maximum atomic E-state index is 12.7. The molecule has 0 atom stereocenters. The fourth-order valence-electron chi connectivity index (χ4n) is 2.80. The number of nitrogens with one attached hydrogen (secondary N) is 1. The van der Waals surface area contributed by atoms with Crippen molar-refractivity contribution >= 4 is 27.5 Å². The first-order valence-corrected chi connectivity index (χ1v) is 9.83. The molecule has 0 spiro atoms. The van der Waals surface area contributed by atoms with Crippen LogP contribution in [0.25, 0.3) is 0 Å². The highest BCUT2D eigenvalue weighted by Gasteiger charge is 2.24. The van der Waals surface area contributed by atoms with E-state index in [9.17, 15) is 14.9 Å². The third-order valence-electron chi connectivity index (χ3n) is 4.26. The van der Waals surface area contributed by atoms with E-state index < -0.39 is 10.8 Å². The minimum atomic E-state index is -0.627. The summed E-state index contributed by atoms with van der Waals surface area (Å²) in [5.74, 6) is 1.01. The normalized spacial score (nSPS) is 10.3. The summed E-state index contributed by atoms with van der Waals surface area (Å²) in [7, 11) is 4.46. The third kappa shape index (κ3) is 5.32. The van der Waals surface area contributed by atoms with Gasteiger partial charge in [0.15, 0.2) is 23.0 Å². The van der Waals surface area contributed by atoms with Gasteiger partial charge in [0.1, 0.15) is 5.56 Å². The molecule has 2 aromatic carbocycles. The van der Waals surface area contributed by atoms with E-state index in [1.807, 2.05) is 0 Å². The van der Waals surface area contributed by atoms with E-state index in [0.717, 1.165) is 10.0 Å². The van der Waals surface area contributed by atoms with E-state index in [2.05, 4.69) is 21.2 Å². The standard InChI is InChI=1S/C20H23BrN2O7/c1-5-30-19-9-13(15(23(25)26)11-18(19)29-4)20(24)22-7-6-12-8-16(27-2)17(28-3)10-14(12)21/h8-11H,5-7H2,1-4H3,(H,22,24). The molecule has 1 amide bonds. The number of halogens is 1. The van der Waals surface area contributed by atoms with Gasteiger partial charge in [0.2, 0.25) is 0 Å². The van der Waals surface area contributed by atoms with Gasteiger partial charge in [-0.15, -0.1) is 0 Å². The number of hydrogen-bond acceptors (Lipinski definition) is 7. The lowest BCUT2D eigenvalue weighted by Crippen LogP contribution is -2.26. The zero-order chi connectivity index (χ0) is 22.3. The minimum Gasteiger partial charge on any atom is -0.493 e. The Morgan fingerprint density at radius 1 is 1.03 bits per heavy atom. The molecule has 0 saturated heterocycles. The summed E-state index contributed by atoms with van der Waals surface area (Å²) in [6.07, 6.45) is 0.467. The van der Waals surface area contributed by atoms with Gasteiger partial charge in [-0.1, -0.05) is 15.9 Å². The Hall–Kier alpha value is -3.01. The van der Waals surface area contributed by atoms with Crippen LogP contribution in [0.1, 0.15) is 22.8 Å². The van der Waals surface area contributed by atoms with Crippen LogP contribution < -0.4 is 24.3 Å². The van der Waals surface area contributed by atoms with Crippen molar-refractivity contribution in [1.29, 1.82) is 0 Å². The lowest BCUT2D eigenvalue weighted by molar-refractivity contribution is -0.385. The quantitative estimate of drug-likeness (QED) is 0.405. The summed E-state index contributed by atoms with van der Waals surface area (Å²) in [6, 6.07) is 6.09.